The highest BCUT2D eigenvalue weighted by molar-refractivity contribution is 7.90. The molecular formula is C12H11ClN2O5S. The number of amides is 1. The van der Waals surface area contributed by atoms with Gasteiger partial charge in [-0.05, 0) is 18.2 Å². The number of hydrogen-bond acceptors (Lipinski definition) is 6. The van der Waals surface area contributed by atoms with Gasteiger partial charge in [0, 0.05) is 19.5 Å². The number of carbonyl (C=O) groups is 1. The fourth-order valence-corrected chi connectivity index (χ4v) is 2.67. The second-order valence-electron chi connectivity index (χ2n) is 3.97. The Morgan fingerprint density at radius 2 is 2.19 bits per heavy atom. The van der Waals surface area contributed by atoms with Crippen LogP contribution in [0.1, 0.15) is 16.3 Å². The Kier molecular flexibility index (Phi) is 4.61. The van der Waals surface area contributed by atoms with Crippen LogP contribution in [0.5, 0.6) is 0 Å². The molecule has 2 rings (SSSR count). The van der Waals surface area contributed by atoms with Gasteiger partial charge in [-0.25, -0.2) is 13.1 Å². The highest BCUT2D eigenvalue weighted by Crippen LogP contribution is 2.15. The standard InChI is InChI=1S/C12H11ClN2O5S/c1-19-7-9-2-3-11(20-9)12(16)15-21(17,18)10-4-8(13)5-14-6-10/h2-6H,7H2,1H3,(H,15,16). The third-order valence-corrected chi connectivity index (χ3v) is 3.89. The van der Waals surface area contributed by atoms with Gasteiger partial charge >= 0.3 is 5.91 Å². The minimum atomic E-state index is -4.07. The molecule has 2 aromatic heterocycles. The Bertz CT molecular complexity index is 757. The molecule has 0 radical (unpaired) electrons. The lowest BCUT2D eigenvalue weighted by Crippen LogP contribution is -2.30. The summed E-state index contributed by atoms with van der Waals surface area (Å²) in [6.07, 6.45) is 2.37. The van der Waals surface area contributed by atoms with Gasteiger partial charge in [-0.2, -0.15) is 0 Å². The van der Waals surface area contributed by atoms with E-state index in [9.17, 15) is 13.2 Å². The van der Waals surface area contributed by atoms with Crippen molar-refractivity contribution in [2.24, 2.45) is 0 Å². The first kappa shape index (κ1) is 15.5. The maximum Gasteiger partial charge on any atom is 0.300 e. The van der Waals surface area contributed by atoms with E-state index in [4.69, 9.17) is 20.8 Å². The minimum Gasteiger partial charge on any atom is -0.453 e. The van der Waals surface area contributed by atoms with Gasteiger partial charge in [0.05, 0.1) is 5.02 Å². The molecule has 0 fully saturated rings. The van der Waals surface area contributed by atoms with E-state index >= 15 is 0 Å². The molecule has 112 valence electrons. The molecule has 21 heavy (non-hydrogen) atoms. The van der Waals surface area contributed by atoms with Crippen LogP contribution in [0.2, 0.25) is 5.02 Å². The van der Waals surface area contributed by atoms with Crippen LogP contribution >= 0.6 is 11.6 Å². The second kappa shape index (κ2) is 6.25. The van der Waals surface area contributed by atoms with Gasteiger partial charge in [0.2, 0.25) is 0 Å². The maximum atomic E-state index is 12.0. The SMILES string of the molecule is COCc1ccc(C(=O)NS(=O)(=O)c2cncc(Cl)c2)o1. The third kappa shape index (κ3) is 3.81. The van der Waals surface area contributed by atoms with Crippen molar-refractivity contribution in [1.29, 1.82) is 0 Å². The number of nitrogens with zero attached hydrogens (tertiary/aromatic N) is 1. The molecule has 2 heterocycles. The van der Waals surface area contributed by atoms with E-state index in [1.54, 1.807) is 0 Å². The van der Waals surface area contributed by atoms with Crippen LogP contribution in [-0.2, 0) is 21.4 Å². The van der Waals surface area contributed by atoms with Gasteiger partial charge in [-0.15, -0.1) is 0 Å². The molecule has 0 atom stereocenters. The molecule has 0 aromatic carbocycles. The fourth-order valence-electron chi connectivity index (χ4n) is 1.49. The molecule has 0 aliphatic rings. The first-order valence-electron chi connectivity index (χ1n) is 5.68. The zero-order valence-electron chi connectivity index (χ0n) is 10.9. The molecule has 0 aliphatic heterocycles. The van der Waals surface area contributed by atoms with E-state index in [1.165, 1.54) is 31.5 Å². The maximum absolute atomic E-state index is 12.0. The molecule has 0 spiro atoms. The van der Waals surface area contributed by atoms with E-state index in [0.29, 0.717) is 5.76 Å². The summed E-state index contributed by atoms with van der Waals surface area (Å²) in [6, 6.07) is 4.06. The largest absolute Gasteiger partial charge is 0.453 e. The number of aromatic nitrogens is 1. The zero-order valence-corrected chi connectivity index (χ0v) is 12.4. The lowest BCUT2D eigenvalue weighted by Gasteiger charge is -2.05. The van der Waals surface area contributed by atoms with Gasteiger partial charge in [0.15, 0.2) is 5.76 Å². The first-order chi connectivity index (χ1) is 9.92. The summed E-state index contributed by atoms with van der Waals surface area (Å²) in [4.78, 5) is 15.3. The number of furan rings is 1. The normalized spacial score (nSPS) is 11.3. The number of rotatable bonds is 5. The summed E-state index contributed by atoms with van der Waals surface area (Å²) in [5, 5.41) is 0.144. The van der Waals surface area contributed by atoms with Crippen molar-refractivity contribution in [2.45, 2.75) is 11.5 Å². The molecule has 9 heteroatoms. The molecule has 7 nitrogen and oxygen atoms in total. The zero-order chi connectivity index (χ0) is 15.5. The van der Waals surface area contributed by atoms with Gasteiger partial charge in [-0.1, -0.05) is 11.6 Å². The summed E-state index contributed by atoms with van der Waals surface area (Å²) in [5.41, 5.74) is 0. The molecule has 1 amide bonds. The van der Waals surface area contributed by atoms with Gasteiger partial charge < -0.3 is 9.15 Å². The Balaban J connectivity index is 2.17. The molecule has 0 bridgehead atoms. The van der Waals surface area contributed by atoms with Crippen molar-refractivity contribution in [3.63, 3.8) is 0 Å². The number of pyridine rings is 1. The Labute approximate surface area is 125 Å². The van der Waals surface area contributed by atoms with Crippen molar-refractivity contribution < 1.29 is 22.4 Å². The van der Waals surface area contributed by atoms with Gasteiger partial charge in [0.25, 0.3) is 10.0 Å². The molecule has 0 unspecified atom stereocenters. The number of sulfonamides is 1. The first-order valence-corrected chi connectivity index (χ1v) is 7.54. The van der Waals surface area contributed by atoms with Crippen LogP contribution in [0.3, 0.4) is 0 Å². The molecular weight excluding hydrogens is 320 g/mol. The topological polar surface area (TPSA) is 98.5 Å². The van der Waals surface area contributed by atoms with E-state index in [2.05, 4.69) is 4.98 Å². The van der Waals surface area contributed by atoms with Gasteiger partial charge in [0.1, 0.15) is 17.3 Å². The summed E-state index contributed by atoms with van der Waals surface area (Å²) < 4.78 is 35.9. The predicted octanol–water partition coefficient (Wildman–Crippen LogP) is 1.59. The number of hydrogen-bond donors (Lipinski definition) is 1. The number of halogens is 1. The van der Waals surface area contributed by atoms with Crippen molar-refractivity contribution >= 4 is 27.5 Å². The van der Waals surface area contributed by atoms with Gasteiger partial charge in [-0.3, -0.25) is 9.78 Å². The van der Waals surface area contributed by atoms with Crippen LogP contribution in [0.25, 0.3) is 0 Å². The minimum absolute atomic E-state index is 0.138. The average molecular weight is 331 g/mol. The lowest BCUT2D eigenvalue weighted by molar-refractivity contribution is 0.0945. The van der Waals surface area contributed by atoms with Crippen LogP contribution in [0, 0.1) is 0 Å². The molecule has 0 aliphatic carbocycles. The molecule has 1 N–H and O–H groups in total. The second-order valence-corrected chi connectivity index (χ2v) is 6.09. The number of carbonyl (C=O) groups excluding carboxylic acids is 1. The van der Waals surface area contributed by atoms with E-state index in [1.807, 2.05) is 4.72 Å². The van der Waals surface area contributed by atoms with E-state index in [-0.39, 0.29) is 22.3 Å². The number of methoxy groups -OCH3 is 1. The van der Waals surface area contributed by atoms with Crippen LogP contribution < -0.4 is 4.72 Å². The van der Waals surface area contributed by atoms with Crippen molar-refractivity contribution in [2.75, 3.05) is 7.11 Å². The van der Waals surface area contributed by atoms with Crippen LogP contribution in [0.4, 0.5) is 0 Å². The molecule has 0 saturated carbocycles. The predicted molar refractivity (Wildman–Crippen MR) is 73.3 cm³/mol. The van der Waals surface area contributed by atoms with E-state index < -0.39 is 15.9 Å². The smallest absolute Gasteiger partial charge is 0.300 e. The number of nitrogens with one attached hydrogen (secondary N) is 1. The quantitative estimate of drug-likeness (QED) is 0.894. The molecule has 2 aromatic rings. The van der Waals surface area contributed by atoms with Crippen molar-refractivity contribution in [1.82, 2.24) is 9.71 Å². The fraction of sp³-hybridized carbons (Fsp3) is 0.167. The highest BCUT2D eigenvalue weighted by Gasteiger charge is 2.21. The Morgan fingerprint density at radius 1 is 1.43 bits per heavy atom. The van der Waals surface area contributed by atoms with Crippen molar-refractivity contribution in [3.8, 4) is 0 Å². The third-order valence-electron chi connectivity index (χ3n) is 2.39. The van der Waals surface area contributed by atoms with Crippen LogP contribution in [-0.4, -0.2) is 26.4 Å². The summed E-state index contributed by atoms with van der Waals surface area (Å²) in [7, 11) is -2.60. The molecule has 0 saturated heterocycles. The highest BCUT2D eigenvalue weighted by atomic mass is 35.5. The summed E-state index contributed by atoms with van der Waals surface area (Å²) >= 11 is 5.67. The van der Waals surface area contributed by atoms with E-state index in [0.717, 1.165) is 6.20 Å². The van der Waals surface area contributed by atoms with Crippen molar-refractivity contribution in [3.05, 3.63) is 47.1 Å². The van der Waals surface area contributed by atoms with Crippen LogP contribution in [0.15, 0.2) is 39.9 Å². The monoisotopic (exact) mass is 330 g/mol. The summed E-state index contributed by atoms with van der Waals surface area (Å²) in [6.45, 7) is 0.179. The lowest BCUT2D eigenvalue weighted by atomic mass is 10.4. The number of ether oxygens (including phenoxy) is 1. The Hall–Kier alpha value is -1.90. The average Bonchev–Trinajstić information content (AvgIpc) is 2.87. The summed E-state index contributed by atoms with van der Waals surface area (Å²) in [5.74, 6) is -0.623. The Morgan fingerprint density at radius 3 is 2.86 bits per heavy atom.